The minimum atomic E-state index is 0.634. The molecule has 0 saturated carbocycles. The summed E-state index contributed by atoms with van der Waals surface area (Å²) in [6, 6.07) is 0. The topological polar surface area (TPSA) is 29.9 Å². The number of hydrogen-bond donors (Lipinski definition) is 1. The standard InChI is InChI=1S/C11H19N3/c1-3-6-14-9(2)7-13-11(14)10-4-5-12-8-10/h7,10,12H,3-6,8H2,1-2H3/t10-/m1/s1. The van der Waals surface area contributed by atoms with Gasteiger partial charge in [0.25, 0.3) is 0 Å². The summed E-state index contributed by atoms with van der Waals surface area (Å²) in [5.41, 5.74) is 1.30. The zero-order valence-corrected chi connectivity index (χ0v) is 9.08. The molecular weight excluding hydrogens is 174 g/mol. The van der Waals surface area contributed by atoms with E-state index in [2.05, 4.69) is 28.7 Å². The Bertz CT molecular complexity index is 297. The Labute approximate surface area is 85.5 Å². The molecule has 2 rings (SSSR count). The van der Waals surface area contributed by atoms with Gasteiger partial charge in [0.15, 0.2) is 0 Å². The van der Waals surface area contributed by atoms with Gasteiger partial charge in [0, 0.05) is 30.9 Å². The molecule has 1 aromatic heterocycles. The molecule has 1 saturated heterocycles. The third-order valence-corrected chi connectivity index (χ3v) is 2.96. The van der Waals surface area contributed by atoms with E-state index in [0.717, 1.165) is 19.6 Å². The quantitative estimate of drug-likeness (QED) is 0.791. The number of rotatable bonds is 3. The Morgan fingerprint density at radius 2 is 2.50 bits per heavy atom. The Kier molecular flexibility index (Phi) is 2.87. The molecule has 0 radical (unpaired) electrons. The normalized spacial score (nSPS) is 21.7. The van der Waals surface area contributed by atoms with E-state index in [1.807, 2.05) is 6.20 Å². The van der Waals surface area contributed by atoms with Gasteiger partial charge in [0.1, 0.15) is 5.82 Å². The van der Waals surface area contributed by atoms with Crippen LogP contribution in [0.2, 0.25) is 0 Å². The van der Waals surface area contributed by atoms with Crippen LogP contribution in [0.15, 0.2) is 6.20 Å². The Balaban J connectivity index is 2.22. The molecule has 0 bridgehead atoms. The second kappa shape index (κ2) is 4.13. The monoisotopic (exact) mass is 193 g/mol. The van der Waals surface area contributed by atoms with Gasteiger partial charge in [-0.05, 0) is 26.3 Å². The lowest BCUT2D eigenvalue weighted by Gasteiger charge is -2.12. The summed E-state index contributed by atoms with van der Waals surface area (Å²) in [6.07, 6.45) is 4.42. The van der Waals surface area contributed by atoms with Gasteiger partial charge in [-0.3, -0.25) is 0 Å². The van der Waals surface area contributed by atoms with Crippen LogP contribution in [-0.2, 0) is 6.54 Å². The highest BCUT2D eigenvalue weighted by atomic mass is 15.1. The third kappa shape index (κ3) is 1.69. The highest BCUT2D eigenvalue weighted by molar-refractivity contribution is 5.10. The van der Waals surface area contributed by atoms with Gasteiger partial charge in [0.05, 0.1) is 0 Å². The Morgan fingerprint density at radius 1 is 1.64 bits per heavy atom. The number of aromatic nitrogens is 2. The van der Waals surface area contributed by atoms with Crippen molar-refractivity contribution in [2.75, 3.05) is 13.1 Å². The van der Waals surface area contributed by atoms with Crippen LogP contribution in [-0.4, -0.2) is 22.6 Å². The van der Waals surface area contributed by atoms with E-state index in [0.29, 0.717) is 5.92 Å². The fraction of sp³-hybridized carbons (Fsp3) is 0.727. The van der Waals surface area contributed by atoms with Crippen LogP contribution in [0, 0.1) is 6.92 Å². The highest BCUT2D eigenvalue weighted by Gasteiger charge is 2.21. The lowest BCUT2D eigenvalue weighted by atomic mass is 10.1. The van der Waals surface area contributed by atoms with Crippen molar-refractivity contribution in [3.8, 4) is 0 Å². The molecule has 1 N–H and O–H groups in total. The molecule has 1 aliphatic heterocycles. The zero-order chi connectivity index (χ0) is 9.97. The maximum absolute atomic E-state index is 4.54. The molecular formula is C11H19N3. The van der Waals surface area contributed by atoms with Crippen molar-refractivity contribution in [1.29, 1.82) is 0 Å². The minimum absolute atomic E-state index is 0.634. The van der Waals surface area contributed by atoms with Crippen molar-refractivity contribution in [2.24, 2.45) is 0 Å². The molecule has 0 aromatic carbocycles. The minimum Gasteiger partial charge on any atom is -0.332 e. The third-order valence-electron chi connectivity index (χ3n) is 2.96. The average Bonchev–Trinajstić information content (AvgIpc) is 2.77. The molecule has 3 nitrogen and oxygen atoms in total. The van der Waals surface area contributed by atoms with Crippen LogP contribution in [0.3, 0.4) is 0 Å². The van der Waals surface area contributed by atoms with Crippen LogP contribution in [0.5, 0.6) is 0 Å². The molecule has 14 heavy (non-hydrogen) atoms. The van der Waals surface area contributed by atoms with Crippen LogP contribution in [0.1, 0.15) is 37.2 Å². The van der Waals surface area contributed by atoms with E-state index >= 15 is 0 Å². The molecule has 0 aliphatic carbocycles. The number of nitrogens with one attached hydrogen (secondary N) is 1. The number of hydrogen-bond acceptors (Lipinski definition) is 2. The second-order valence-corrected chi connectivity index (χ2v) is 4.10. The summed E-state index contributed by atoms with van der Waals surface area (Å²) < 4.78 is 2.37. The van der Waals surface area contributed by atoms with Crippen molar-refractivity contribution >= 4 is 0 Å². The fourth-order valence-corrected chi connectivity index (χ4v) is 2.19. The molecule has 2 heterocycles. The van der Waals surface area contributed by atoms with Gasteiger partial charge in [-0.15, -0.1) is 0 Å². The molecule has 0 unspecified atom stereocenters. The maximum Gasteiger partial charge on any atom is 0.113 e. The van der Waals surface area contributed by atoms with Gasteiger partial charge in [-0.1, -0.05) is 6.92 Å². The average molecular weight is 193 g/mol. The van der Waals surface area contributed by atoms with Crippen LogP contribution >= 0.6 is 0 Å². The fourth-order valence-electron chi connectivity index (χ4n) is 2.19. The lowest BCUT2D eigenvalue weighted by Crippen LogP contribution is -2.13. The van der Waals surface area contributed by atoms with Crippen LogP contribution < -0.4 is 5.32 Å². The summed E-state index contributed by atoms with van der Waals surface area (Å²) in [4.78, 5) is 4.54. The first-order valence-corrected chi connectivity index (χ1v) is 5.55. The van der Waals surface area contributed by atoms with E-state index < -0.39 is 0 Å². The molecule has 1 aromatic rings. The number of aryl methyl sites for hydroxylation is 1. The van der Waals surface area contributed by atoms with E-state index in [1.165, 1.54) is 24.4 Å². The SMILES string of the molecule is CCCn1c(C)cnc1[C@@H]1CCNC1. The van der Waals surface area contributed by atoms with Gasteiger partial charge < -0.3 is 9.88 Å². The van der Waals surface area contributed by atoms with Gasteiger partial charge in [0.2, 0.25) is 0 Å². The molecule has 1 fully saturated rings. The molecule has 1 atom stereocenters. The van der Waals surface area contributed by atoms with Crippen molar-refractivity contribution in [2.45, 2.75) is 39.2 Å². The van der Waals surface area contributed by atoms with Gasteiger partial charge >= 0.3 is 0 Å². The summed E-state index contributed by atoms with van der Waals surface area (Å²) in [5, 5.41) is 3.40. The van der Waals surface area contributed by atoms with E-state index in [9.17, 15) is 0 Å². The number of nitrogens with zero attached hydrogens (tertiary/aromatic N) is 2. The smallest absolute Gasteiger partial charge is 0.113 e. The molecule has 0 spiro atoms. The van der Waals surface area contributed by atoms with E-state index in [-0.39, 0.29) is 0 Å². The molecule has 1 aliphatic rings. The maximum atomic E-state index is 4.54. The largest absolute Gasteiger partial charge is 0.332 e. The second-order valence-electron chi connectivity index (χ2n) is 4.10. The van der Waals surface area contributed by atoms with Gasteiger partial charge in [-0.2, -0.15) is 0 Å². The van der Waals surface area contributed by atoms with Gasteiger partial charge in [-0.25, -0.2) is 4.98 Å². The van der Waals surface area contributed by atoms with E-state index in [4.69, 9.17) is 0 Å². The van der Waals surface area contributed by atoms with Crippen molar-refractivity contribution in [3.05, 3.63) is 17.7 Å². The van der Waals surface area contributed by atoms with Crippen molar-refractivity contribution < 1.29 is 0 Å². The first kappa shape index (κ1) is 9.71. The highest BCUT2D eigenvalue weighted by Crippen LogP contribution is 2.22. The summed E-state index contributed by atoms with van der Waals surface area (Å²) >= 11 is 0. The predicted molar refractivity (Wildman–Crippen MR) is 57.5 cm³/mol. The summed E-state index contributed by atoms with van der Waals surface area (Å²) in [5.74, 6) is 1.92. The van der Waals surface area contributed by atoms with Crippen LogP contribution in [0.4, 0.5) is 0 Å². The van der Waals surface area contributed by atoms with Crippen molar-refractivity contribution in [3.63, 3.8) is 0 Å². The van der Waals surface area contributed by atoms with E-state index in [1.54, 1.807) is 0 Å². The molecule has 3 heteroatoms. The summed E-state index contributed by atoms with van der Waals surface area (Å²) in [6.45, 7) is 7.71. The predicted octanol–water partition coefficient (Wildman–Crippen LogP) is 1.68. The molecule has 0 amide bonds. The number of imidazole rings is 1. The van der Waals surface area contributed by atoms with Crippen molar-refractivity contribution in [1.82, 2.24) is 14.9 Å². The lowest BCUT2D eigenvalue weighted by molar-refractivity contribution is 0.579. The zero-order valence-electron chi connectivity index (χ0n) is 9.08. The van der Waals surface area contributed by atoms with Crippen LogP contribution in [0.25, 0.3) is 0 Å². The first-order valence-electron chi connectivity index (χ1n) is 5.55. The Hall–Kier alpha value is -0.830. The summed E-state index contributed by atoms with van der Waals surface area (Å²) in [7, 11) is 0. The molecule has 78 valence electrons. The Morgan fingerprint density at radius 3 is 3.14 bits per heavy atom. The first-order chi connectivity index (χ1) is 6.83.